The summed E-state index contributed by atoms with van der Waals surface area (Å²) in [6.07, 6.45) is -6.61. The molecule has 1 aromatic carbocycles. The van der Waals surface area contributed by atoms with Gasteiger partial charge in [0.1, 0.15) is 0 Å². The number of aliphatic imine (C=N–C) groups is 2. The number of hydrogen-bond donors (Lipinski definition) is 0. The molecule has 37 heavy (non-hydrogen) atoms. The van der Waals surface area contributed by atoms with Crippen LogP contribution in [0.25, 0.3) is 0 Å². The molecule has 3 aliphatic rings. The number of benzene rings is 1. The summed E-state index contributed by atoms with van der Waals surface area (Å²) in [5.41, 5.74) is -2.61. The van der Waals surface area contributed by atoms with E-state index in [4.69, 9.17) is 28.4 Å². The lowest BCUT2D eigenvalue weighted by atomic mass is 9.59. The van der Waals surface area contributed by atoms with Crippen LogP contribution < -0.4 is 0 Å². The van der Waals surface area contributed by atoms with Gasteiger partial charge in [-0.05, 0) is 12.5 Å². The summed E-state index contributed by atoms with van der Waals surface area (Å²) in [5, 5.41) is 0. The van der Waals surface area contributed by atoms with Crippen LogP contribution in [-0.2, 0) is 54.1 Å². The van der Waals surface area contributed by atoms with Crippen LogP contribution in [-0.4, -0.2) is 78.8 Å². The lowest BCUT2D eigenvalue weighted by molar-refractivity contribution is -0.279. The van der Waals surface area contributed by atoms with E-state index in [1.54, 1.807) is 0 Å². The molecule has 0 N–H and O–H groups in total. The third-order valence-electron chi connectivity index (χ3n) is 6.76. The topological polar surface area (TPSA) is 148 Å². The van der Waals surface area contributed by atoms with Gasteiger partial charge in [0.25, 0.3) is 0 Å². The van der Waals surface area contributed by atoms with E-state index in [1.165, 1.54) is 14.0 Å². The SMILES string of the molecule is CO[C@@H]1O[C@@H]2C(=O)O[C@@H]3[C@@H]1[C@@]2(N=C=NCc1ccccc1)[C@H](OC(C)=O)[C@H](OC(C)=O)[C@@]3(C)OC(C)=O. The van der Waals surface area contributed by atoms with E-state index < -0.39 is 71.6 Å². The minimum atomic E-state index is -1.78. The molecule has 4 bridgehead atoms. The smallest absolute Gasteiger partial charge is 0.338 e. The van der Waals surface area contributed by atoms with E-state index in [2.05, 4.69) is 16.0 Å². The molecule has 0 unspecified atom stereocenters. The summed E-state index contributed by atoms with van der Waals surface area (Å²) < 4.78 is 34.0. The Bertz CT molecular complexity index is 1150. The molecule has 3 fully saturated rings. The summed E-state index contributed by atoms with van der Waals surface area (Å²) in [7, 11) is 1.36. The molecular formula is C25H28N2O10. The molecule has 1 aromatic rings. The maximum absolute atomic E-state index is 13.2. The molecule has 12 heteroatoms. The number of carbonyl (C=O) groups excluding carboxylic acids is 4. The lowest BCUT2D eigenvalue weighted by Crippen LogP contribution is -2.79. The predicted octanol–water partition coefficient (Wildman–Crippen LogP) is 1.21. The van der Waals surface area contributed by atoms with Crippen LogP contribution in [0.1, 0.15) is 33.3 Å². The highest BCUT2D eigenvalue weighted by atomic mass is 16.7. The summed E-state index contributed by atoms with van der Waals surface area (Å²) in [6.45, 7) is 5.11. The fourth-order valence-electron chi connectivity index (χ4n) is 5.48. The van der Waals surface area contributed by atoms with Crippen molar-refractivity contribution in [2.45, 2.75) is 76.1 Å². The van der Waals surface area contributed by atoms with Crippen LogP contribution in [0.2, 0.25) is 0 Å². The Hall–Kier alpha value is -3.60. The first-order valence-electron chi connectivity index (χ1n) is 11.6. The van der Waals surface area contributed by atoms with Crippen LogP contribution in [0.3, 0.4) is 0 Å². The van der Waals surface area contributed by atoms with Gasteiger partial charge >= 0.3 is 23.9 Å². The molecule has 0 spiro atoms. The standard InChI is InChI=1S/C25H28N2O10/c1-13(28)33-19-20(34-14(2)29)25(27-12-26-11-16-9-7-6-8-10-16)17-18(24(19,4)37-15(3)30)35-22(31)21(25)36-23(17)32-5/h6-10,17-21,23H,11H2,1-5H3/t17-,18+,19-,20+,21+,23+,24-,25+/m0/s1. The summed E-state index contributed by atoms with van der Waals surface area (Å²) in [4.78, 5) is 58.7. The summed E-state index contributed by atoms with van der Waals surface area (Å²) >= 11 is 0. The highest BCUT2D eigenvalue weighted by molar-refractivity contribution is 5.81. The number of rotatable bonds is 7. The maximum Gasteiger partial charge on any atom is 0.338 e. The molecule has 4 rings (SSSR count). The first-order valence-corrected chi connectivity index (χ1v) is 11.6. The number of methoxy groups -OCH3 is 1. The van der Waals surface area contributed by atoms with Gasteiger partial charge in [-0.2, -0.15) is 0 Å². The zero-order chi connectivity index (χ0) is 27.0. The number of hydrogen-bond acceptors (Lipinski definition) is 12. The Kier molecular flexibility index (Phi) is 7.18. The van der Waals surface area contributed by atoms with Crippen molar-refractivity contribution in [3.63, 3.8) is 0 Å². The van der Waals surface area contributed by atoms with Gasteiger partial charge in [0.15, 0.2) is 41.8 Å². The quantitative estimate of drug-likeness (QED) is 0.294. The van der Waals surface area contributed by atoms with Crippen molar-refractivity contribution in [2.24, 2.45) is 15.9 Å². The molecular weight excluding hydrogens is 488 g/mol. The molecule has 12 nitrogen and oxygen atoms in total. The lowest BCUT2D eigenvalue weighted by Gasteiger charge is -2.57. The monoisotopic (exact) mass is 516 g/mol. The third-order valence-corrected chi connectivity index (χ3v) is 6.76. The van der Waals surface area contributed by atoms with Crippen molar-refractivity contribution in [3.8, 4) is 0 Å². The Balaban J connectivity index is 1.92. The van der Waals surface area contributed by atoms with Crippen LogP contribution in [0.5, 0.6) is 0 Å². The van der Waals surface area contributed by atoms with Crippen molar-refractivity contribution < 1.29 is 47.6 Å². The van der Waals surface area contributed by atoms with Crippen molar-refractivity contribution in [3.05, 3.63) is 35.9 Å². The van der Waals surface area contributed by atoms with Gasteiger partial charge in [0, 0.05) is 27.9 Å². The molecule has 0 aromatic heterocycles. The van der Waals surface area contributed by atoms with Gasteiger partial charge in [-0.25, -0.2) is 14.8 Å². The Morgan fingerprint density at radius 1 is 1.03 bits per heavy atom. The molecule has 2 aliphatic heterocycles. The summed E-state index contributed by atoms with van der Waals surface area (Å²) in [6, 6.07) is 12.0. The Morgan fingerprint density at radius 3 is 2.27 bits per heavy atom. The predicted molar refractivity (Wildman–Crippen MR) is 123 cm³/mol. The number of carbonyl (C=O) groups is 4. The third kappa shape index (κ3) is 4.52. The largest absolute Gasteiger partial charge is 0.456 e. The number of ether oxygens (including phenoxy) is 6. The second-order valence-electron chi connectivity index (χ2n) is 9.24. The molecule has 2 heterocycles. The normalized spacial score (nSPS) is 35.4. The molecule has 0 amide bonds. The molecule has 1 aliphatic carbocycles. The van der Waals surface area contributed by atoms with E-state index in [9.17, 15) is 19.2 Å². The first-order chi connectivity index (χ1) is 17.5. The fraction of sp³-hybridized carbons (Fsp3) is 0.560. The van der Waals surface area contributed by atoms with Gasteiger partial charge in [0.05, 0.1) is 18.5 Å². The number of nitrogens with zero attached hydrogens (tertiary/aromatic N) is 2. The van der Waals surface area contributed by atoms with Crippen LogP contribution in [0, 0.1) is 5.92 Å². The average Bonchev–Trinajstić information content (AvgIpc) is 3.07. The van der Waals surface area contributed by atoms with E-state index in [0.29, 0.717) is 0 Å². The molecule has 2 saturated heterocycles. The summed E-state index contributed by atoms with van der Waals surface area (Å²) in [5.74, 6) is -4.03. The second kappa shape index (κ2) is 10.0. The van der Waals surface area contributed by atoms with E-state index in [-0.39, 0.29) is 6.54 Å². The van der Waals surface area contributed by atoms with Crippen LogP contribution in [0.15, 0.2) is 40.3 Å². The highest BCUT2D eigenvalue weighted by Crippen LogP contribution is 2.58. The van der Waals surface area contributed by atoms with Gasteiger partial charge in [-0.1, -0.05) is 30.3 Å². The van der Waals surface area contributed by atoms with Crippen molar-refractivity contribution in [1.29, 1.82) is 0 Å². The average molecular weight is 517 g/mol. The zero-order valence-electron chi connectivity index (χ0n) is 21.0. The fourth-order valence-corrected chi connectivity index (χ4v) is 5.48. The maximum atomic E-state index is 13.2. The van der Waals surface area contributed by atoms with Crippen molar-refractivity contribution in [2.75, 3.05) is 7.11 Å². The van der Waals surface area contributed by atoms with Gasteiger partial charge in [-0.15, -0.1) is 0 Å². The Labute approximate surface area is 212 Å². The van der Waals surface area contributed by atoms with Gasteiger partial charge < -0.3 is 28.4 Å². The number of esters is 4. The van der Waals surface area contributed by atoms with E-state index in [1.807, 2.05) is 30.3 Å². The molecule has 1 saturated carbocycles. The van der Waals surface area contributed by atoms with Gasteiger partial charge in [-0.3, -0.25) is 14.4 Å². The first kappa shape index (κ1) is 26.5. The van der Waals surface area contributed by atoms with Gasteiger partial charge in [0.2, 0.25) is 0 Å². The zero-order valence-corrected chi connectivity index (χ0v) is 21.0. The highest BCUT2D eigenvalue weighted by Gasteiger charge is 2.81. The second-order valence-corrected chi connectivity index (χ2v) is 9.24. The van der Waals surface area contributed by atoms with Crippen LogP contribution in [0.4, 0.5) is 0 Å². The molecule has 8 atom stereocenters. The molecule has 198 valence electrons. The minimum absolute atomic E-state index is 0.231. The van der Waals surface area contributed by atoms with Crippen LogP contribution >= 0.6 is 0 Å². The van der Waals surface area contributed by atoms with Crippen molar-refractivity contribution >= 4 is 29.9 Å². The Morgan fingerprint density at radius 2 is 1.68 bits per heavy atom. The molecule has 0 radical (unpaired) electrons. The van der Waals surface area contributed by atoms with E-state index >= 15 is 0 Å². The minimum Gasteiger partial charge on any atom is -0.456 e. The van der Waals surface area contributed by atoms with Crippen molar-refractivity contribution in [1.82, 2.24) is 0 Å². The van der Waals surface area contributed by atoms with E-state index in [0.717, 1.165) is 26.3 Å².